The van der Waals surface area contributed by atoms with Gasteiger partial charge in [0.15, 0.2) is 5.13 Å². The number of carbonyl (C=O) groups excluding carboxylic acids is 2. The van der Waals surface area contributed by atoms with Crippen molar-refractivity contribution in [2.75, 3.05) is 10.6 Å². The standard InChI is InChI=1S/C26H23N3O2S2/c1-16(33-22-8-4-7-21(14-22)27-25(31)18-10-11-18)24(30)29-26-28-23(15-32-26)20-12-9-17-5-2-3-6-19(17)13-20/h2-9,12-16,18H,10-11H2,1H3,(H,27,31)(H,28,29,30). The Morgan fingerprint density at radius 3 is 2.64 bits per heavy atom. The van der Waals surface area contributed by atoms with E-state index in [1.807, 2.05) is 48.7 Å². The molecular weight excluding hydrogens is 450 g/mol. The molecule has 166 valence electrons. The molecule has 2 N–H and O–H groups in total. The van der Waals surface area contributed by atoms with Gasteiger partial charge in [0, 0.05) is 27.4 Å². The third-order valence-electron chi connectivity index (χ3n) is 5.51. The monoisotopic (exact) mass is 473 g/mol. The van der Waals surface area contributed by atoms with Crippen molar-refractivity contribution in [1.82, 2.24) is 4.98 Å². The van der Waals surface area contributed by atoms with E-state index in [9.17, 15) is 9.59 Å². The molecule has 1 heterocycles. The minimum absolute atomic E-state index is 0.0777. The Balaban J connectivity index is 1.21. The maximum Gasteiger partial charge on any atom is 0.239 e. The Labute approximate surface area is 200 Å². The first-order valence-corrected chi connectivity index (χ1v) is 12.6. The smallest absolute Gasteiger partial charge is 0.239 e. The number of nitrogens with one attached hydrogen (secondary N) is 2. The van der Waals surface area contributed by atoms with Crippen LogP contribution in [0.25, 0.3) is 22.0 Å². The molecule has 1 unspecified atom stereocenters. The summed E-state index contributed by atoms with van der Waals surface area (Å²) in [4.78, 5) is 30.3. The van der Waals surface area contributed by atoms with Gasteiger partial charge in [0.05, 0.1) is 10.9 Å². The van der Waals surface area contributed by atoms with Gasteiger partial charge in [0.1, 0.15) is 0 Å². The van der Waals surface area contributed by atoms with Crippen molar-refractivity contribution in [3.8, 4) is 11.3 Å². The quantitative estimate of drug-likeness (QED) is 0.303. The van der Waals surface area contributed by atoms with Crippen LogP contribution in [0, 0.1) is 5.92 Å². The van der Waals surface area contributed by atoms with E-state index >= 15 is 0 Å². The van der Waals surface area contributed by atoms with Crippen molar-refractivity contribution in [3.63, 3.8) is 0 Å². The lowest BCUT2D eigenvalue weighted by Gasteiger charge is -2.12. The first kappa shape index (κ1) is 21.7. The highest BCUT2D eigenvalue weighted by Gasteiger charge is 2.29. The number of hydrogen-bond donors (Lipinski definition) is 2. The molecule has 1 saturated carbocycles. The average molecular weight is 474 g/mol. The average Bonchev–Trinajstić information content (AvgIpc) is 3.58. The summed E-state index contributed by atoms with van der Waals surface area (Å²) >= 11 is 2.87. The van der Waals surface area contributed by atoms with Gasteiger partial charge >= 0.3 is 0 Å². The minimum atomic E-state index is -0.313. The Bertz CT molecular complexity index is 1330. The molecule has 1 aliphatic rings. The molecule has 1 atom stereocenters. The predicted octanol–water partition coefficient (Wildman–Crippen LogP) is 6.43. The zero-order valence-electron chi connectivity index (χ0n) is 18.1. The number of thioether (sulfide) groups is 1. The number of aromatic nitrogens is 1. The van der Waals surface area contributed by atoms with Crippen molar-refractivity contribution in [2.24, 2.45) is 5.92 Å². The summed E-state index contributed by atoms with van der Waals surface area (Å²) in [6.45, 7) is 1.87. The molecular formula is C26H23N3O2S2. The molecule has 0 aliphatic heterocycles. The number of nitrogens with zero attached hydrogens (tertiary/aromatic N) is 1. The summed E-state index contributed by atoms with van der Waals surface area (Å²) < 4.78 is 0. The Morgan fingerprint density at radius 1 is 1.00 bits per heavy atom. The van der Waals surface area contributed by atoms with Crippen LogP contribution in [-0.2, 0) is 9.59 Å². The van der Waals surface area contributed by atoms with Crippen LogP contribution in [0.5, 0.6) is 0 Å². The summed E-state index contributed by atoms with van der Waals surface area (Å²) in [5.41, 5.74) is 2.64. The second kappa shape index (κ2) is 9.37. The second-order valence-corrected chi connectivity index (χ2v) is 10.4. The highest BCUT2D eigenvalue weighted by atomic mass is 32.2. The van der Waals surface area contributed by atoms with E-state index in [1.54, 1.807) is 0 Å². The topological polar surface area (TPSA) is 71.1 Å². The molecule has 7 heteroatoms. The number of thiazole rings is 1. The lowest BCUT2D eigenvalue weighted by molar-refractivity contribution is -0.117. The normalized spacial score (nSPS) is 14.1. The van der Waals surface area contributed by atoms with Crippen molar-refractivity contribution in [3.05, 3.63) is 72.1 Å². The highest BCUT2D eigenvalue weighted by molar-refractivity contribution is 8.00. The molecule has 3 aromatic carbocycles. The van der Waals surface area contributed by atoms with Crippen LogP contribution >= 0.6 is 23.1 Å². The number of anilines is 2. The summed E-state index contributed by atoms with van der Waals surface area (Å²) in [5, 5.41) is 10.5. The first-order valence-electron chi connectivity index (χ1n) is 10.9. The molecule has 0 spiro atoms. The number of rotatable bonds is 7. The van der Waals surface area contributed by atoms with Crippen molar-refractivity contribution in [1.29, 1.82) is 0 Å². The van der Waals surface area contributed by atoms with Gasteiger partial charge in [0.25, 0.3) is 0 Å². The lowest BCUT2D eigenvalue weighted by Crippen LogP contribution is -2.22. The second-order valence-electron chi connectivity index (χ2n) is 8.14. The van der Waals surface area contributed by atoms with Gasteiger partial charge in [-0.05, 0) is 54.8 Å². The van der Waals surface area contributed by atoms with E-state index in [2.05, 4.69) is 45.9 Å². The number of amides is 2. The largest absolute Gasteiger partial charge is 0.326 e. The summed E-state index contributed by atoms with van der Waals surface area (Å²) in [6.07, 6.45) is 1.94. The van der Waals surface area contributed by atoms with E-state index in [0.29, 0.717) is 5.13 Å². The number of carbonyl (C=O) groups is 2. The summed E-state index contributed by atoms with van der Waals surface area (Å²) in [6, 6.07) is 22.1. The van der Waals surface area contributed by atoms with E-state index in [0.717, 1.165) is 40.1 Å². The summed E-state index contributed by atoms with van der Waals surface area (Å²) in [7, 11) is 0. The van der Waals surface area contributed by atoms with Gasteiger partial charge in [-0.1, -0.05) is 42.5 Å². The molecule has 1 aromatic heterocycles. The molecule has 33 heavy (non-hydrogen) atoms. The maximum atomic E-state index is 12.8. The Hall–Kier alpha value is -3.16. The molecule has 5 rings (SSSR count). The molecule has 0 bridgehead atoms. The van der Waals surface area contributed by atoms with Crippen LogP contribution in [0.3, 0.4) is 0 Å². The van der Waals surface area contributed by atoms with Crippen LogP contribution in [0.1, 0.15) is 19.8 Å². The zero-order chi connectivity index (χ0) is 22.8. The van der Waals surface area contributed by atoms with Crippen LogP contribution in [0.15, 0.2) is 77.0 Å². The van der Waals surface area contributed by atoms with Gasteiger partial charge in [-0.15, -0.1) is 23.1 Å². The van der Waals surface area contributed by atoms with Crippen LogP contribution in [-0.4, -0.2) is 22.0 Å². The maximum absolute atomic E-state index is 12.8. The van der Waals surface area contributed by atoms with Gasteiger partial charge in [-0.25, -0.2) is 4.98 Å². The SMILES string of the molecule is CC(Sc1cccc(NC(=O)C2CC2)c1)C(=O)Nc1nc(-c2ccc3ccccc3c2)cs1. The highest BCUT2D eigenvalue weighted by Crippen LogP contribution is 2.32. The Morgan fingerprint density at radius 2 is 1.82 bits per heavy atom. The fourth-order valence-corrected chi connectivity index (χ4v) is 5.16. The molecule has 5 nitrogen and oxygen atoms in total. The molecule has 2 amide bonds. The van der Waals surface area contributed by atoms with Gasteiger partial charge < -0.3 is 10.6 Å². The van der Waals surface area contributed by atoms with Gasteiger partial charge in [-0.3, -0.25) is 9.59 Å². The molecule has 1 fully saturated rings. The van der Waals surface area contributed by atoms with Crippen molar-refractivity contribution < 1.29 is 9.59 Å². The van der Waals surface area contributed by atoms with Crippen LogP contribution < -0.4 is 10.6 Å². The van der Waals surface area contributed by atoms with Gasteiger partial charge in [0.2, 0.25) is 11.8 Å². The van der Waals surface area contributed by atoms with Crippen molar-refractivity contribution in [2.45, 2.75) is 29.9 Å². The van der Waals surface area contributed by atoms with Gasteiger partial charge in [-0.2, -0.15) is 0 Å². The molecule has 0 radical (unpaired) electrons. The minimum Gasteiger partial charge on any atom is -0.326 e. The first-order chi connectivity index (χ1) is 16.0. The predicted molar refractivity (Wildman–Crippen MR) is 137 cm³/mol. The number of hydrogen-bond acceptors (Lipinski definition) is 5. The van der Waals surface area contributed by atoms with Crippen LogP contribution in [0.4, 0.5) is 10.8 Å². The molecule has 4 aromatic rings. The molecule has 0 saturated heterocycles. The van der Waals surface area contributed by atoms with E-state index in [4.69, 9.17) is 0 Å². The third-order valence-corrected chi connectivity index (χ3v) is 7.36. The lowest BCUT2D eigenvalue weighted by atomic mass is 10.1. The van der Waals surface area contributed by atoms with E-state index in [-0.39, 0.29) is 23.0 Å². The third kappa shape index (κ3) is 5.26. The number of fused-ring (bicyclic) bond motifs is 1. The summed E-state index contributed by atoms with van der Waals surface area (Å²) in [5.74, 6) is 0.129. The Kier molecular flexibility index (Phi) is 6.15. The number of benzene rings is 3. The van der Waals surface area contributed by atoms with Crippen LogP contribution in [0.2, 0.25) is 0 Å². The van der Waals surface area contributed by atoms with Crippen molar-refractivity contribution >= 4 is 56.5 Å². The fourth-order valence-electron chi connectivity index (χ4n) is 3.51. The zero-order valence-corrected chi connectivity index (χ0v) is 19.7. The van der Waals surface area contributed by atoms with E-state index < -0.39 is 0 Å². The molecule has 1 aliphatic carbocycles. The van der Waals surface area contributed by atoms with E-state index in [1.165, 1.54) is 28.5 Å². The fraction of sp³-hybridized carbons (Fsp3) is 0.192.